The molecule has 1 atom stereocenters. The molecule has 0 heterocycles. The molecule has 5 heteroatoms. The second kappa shape index (κ2) is 7.35. The minimum absolute atomic E-state index is 0.0619. The number of aliphatic hydroxyl groups excluding tert-OH is 1. The molecule has 0 saturated heterocycles. The van der Waals surface area contributed by atoms with Gasteiger partial charge in [-0.25, -0.2) is 0 Å². The van der Waals surface area contributed by atoms with E-state index in [0.29, 0.717) is 0 Å². The van der Waals surface area contributed by atoms with Crippen molar-refractivity contribution in [3.63, 3.8) is 0 Å². The summed E-state index contributed by atoms with van der Waals surface area (Å²) in [5.41, 5.74) is 0.907. The lowest BCUT2D eigenvalue weighted by atomic mass is 10.1. The maximum absolute atomic E-state index is 12.8. The third-order valence-corrected chi connectivity index (χ3v) is 3.60. The average molecular weight is 303 g/mol. The molecule has 0 aliphatic rings. The number of hydrogen-bond donors (Lipinski definition) is 1. The summed E-state index contributed by atoms with van der Waals surface area (Å²) in [6.45, 7) is 1.63. The molecule has 0 spiro atoms. The Labute approximate surface area is 129 Å². The Bertz CT molecular complexity index is 643. The van der Waals surface area contributed by atoms with E-state index in [0.717, 1.165) is 16.3 Å². The Morgan fingerprint density at radius 2 is 1.91 bits per heavy atom. The van der Waals surface area contributed by atoms with Crippen molar-refractivity contribution in [2.75, 3.05) is 26.3 Å². The van der Waals surface area contributed by atoms with Crippen LogP contribution < -0.4 is 0 Å². The standard InChI is InChI=1S/C17H21NO4/c1-14(20)22-11-9-18(21,8-10-19)13-15-6-7-16-4-2-3-5-17(16)12-15/h2-7,12,19H,8-11,13H2,1H3. The van der Waals surface area contributed by atoms with Crippen LogP contribution in [0, 0.1) is 5.21 Å². The van der Waals surface area contributed by atoms with Gasteiger partial charge < -0.3 is 19.7 Å². The van der Waals surface area contributed by atoms with Gasteiger partial charge >= 0.3 is 5.97 Å². The molecule has 2 aromatic carbocycles. The van der Waals surface area contributed by atoms with Crippen LogP contribution in [-0.2, 0) is 16.1 Å². The fourth-order valence-corrected chi connectivity index (χ4v) is 2.48. The number of benzene rings is 2. The molecule has 0 radical (unpaired) electrons. The number of hydrogen-bond acceptors (Lipinski definition) is 4. The van der Waals surface area contributed by atoms with Crippen molar-refractivity contribution in [3.05, 3.63) is 53.2 Å². The third kappa shape index (κ3) is 4.53. The van der Waals surface area contributed by atoms with Crippen LogP contribution in [0.4, 0.5) is 0 Å². The number of ether oxygens (including phenoxy) is 1. The number of rotatable bonds is 7. The lowest BCUT2D eigenvalue weighted by Gasteiger charge is -2.42. The van der Waals surface area contributed by atoms with Gasteiger partial charge in [-0.3, -0.25) is 4.79 Å². The third-order valence-electron chi connectivity index (χ3n) is 3.60. The van der Waals surface area contributed by atoms with Gasteiger partial charge in [0.2, 0.25) is 0 Å². The first kappa shape index (κ1) is 16.4. The molecule has 1 N–H and O–H groups in total. The van der Waals surface area contributed by atoms with E-state index < -0.39 is 10.6 Å². The first-order valence-electron chi connectivity index (χ1n) is 7.31. The lowest BCUT2D eigenvalue weighted by molar-refractivity contribution is -0.894. The summed E-state index contributed by atoms with van der Waals surface area (Å²) in [6, 6.07) is 13.9. The van der Waals surface area contributed by atoms with E-state index in [1.165, 1.54) is 6.92 Å². The molecule has 1 unspecified atom stereocenters. The molecule has 2 aromatic rings. The Morgan fingerprint density at radius 1 is 1.18 bits per heavy atom. The van der Waals surface area contributed by atoms with Crippen LogP contribution in [0.25, 0.3) is 10.8 Å². The molecule has 0 aliphatic heterocycles. The fraction of sp³-hybridized carbons (Fsp3) is 0.353. The molecule has 0 aliphatic carbocycles. The minimum atomic E-state index is -0.609. The predicted molar refractivity (Wildman–Crippen MR) is 84.7 cm³/mol. The van der Waals surface area contributed by atoms with Gasteiger partial charge in [0.05, 0.1) is 6.61 Å². The number of nitrogens with zero attached hydrogens (tertiary/aromatic N) is 1. The van der Waals surface area contributed by atoms with Crippen LogP contribution in [0.2, 0.25) is 0 Å². The summed E-state index contributed by atoms with van der Waals surface area (Å²) in [6.07, 6.45) is 0. The van der Waals surface area contributed by atoms with Crippen LogP contribution in [-0.4, -0.2) is 42.0 Å². The molecule has 0 aromatic heterocycles. The Kier molecular flexibility index (Phi) is 5.49. The summed E-state index contributed by atoms with van der Waals surface area (Å²) in [4.78, 5) is 10.8. The molecule has 0 bridgehead atoms. The van der Waals surface area contributed by atoms with E-state index in [-0.39, 0.29) is 32.8 Å². The predicted octanol–water partition coefficient (Wildman–Crippen LogP) is 2.21. The van der Waals surface area contributed by atoms with Gasteiger partial charge in [-0.2, -0.15) is 0 Å². The van der Waals surface area contributed by atoms with E-state index >= 15 is 0 Å². The molecule has 0 saturated carbocycles. The monoisotopic (exact) mass is 303 g/mol. The van der Waals surface area contributed by atoms with Crippen molar-refractivity contribution in [3.8, 4) is 0 Å². The smallest absolute Gasteiger partial charge is 0.302 e. The maximum atomic E-state index is 12.8. The van der Waals surface area contributed by atoms with Crippen LogP contribution in [0.15, 0.2) is 42.5 Å². The number of quaternary nitrogens is 1. The molecule has 0 amide bonds. The van der Waals surface area contributed by atoms with Gasteiger partial charge in [-0.15, -0.1) is 0 Å². The van der Waals surface area contributed by atoms with Gasteiger partial charge in [0.25, 0.3) is 0 Å². The summed E-state index contributed by atoms with van der Waals surface area (Å²) in [5, 5.41) is 24.1. The number of esters is 1. The lowest BCUT2D eigenvalue weighted by Crippen LogP contribution is -2.46. The number of fused-ring (bicyclic) bond motifs is 1. The minimum Gasteiger partial charge on any atom is -0.632 e. The van der Waals surface area contributed by atoms with Crippen molar-refractivity contribution >= 4 is 16.7 Å². The molecular formula is C17H21NO4. The Hall–Kier alpha value is -1.95. The summed E-state index contributed by atoms with van der Waals surface area (Å²) in [5.74, 6) is -0.402. The summed E-state index contributed by atoms with van der Waals surface area (Å²) < 4.78 is 4.25. The fourth-order valence-electron chi connectivity index (χ4n) is 2.48. The Morgan fingerprint density at radius 3 is 2.59 bits per heavy atom. The molecule has 118 valence electrons. The summed E-state index contributed by atoms with van der Waals surface area (Å²) in [7, 11) is 0. The average Bonchev–Trinajstić information content (AvgIpc) is 2.47. The second-order valence-corrected chi connectivity index (χ2v) is 5.41. The van der Waals surface area contributed by atoms with E-state index in [9.17, 15) is 10.0 Å². The molecule has 2 rings (SSSR count). The first-order valence-corrected chi connectivity index (χ1v) is 7.31. The van der Waals surface area contributed by atoms with Gasteiger partial charge in [-0.05, 0) is 16.8 Å². The molecule has 22 heavy (non-hydrogen) atoms. The largest absolute Gasteiger partial charge is 0.632 e. The van der Waals surface area contributed by atoms with E-state index in [4.69, 9.17) is 9.84 Å². The van der Waals surface area contributed by atoms with Crippen molar-refractivity contribution in [1.29, 1.82) is 0 Å². The van der Waals surface area contributed by atoms with E-state index in [2.05, 4.69) is 0 Å². The maximum Gasteiger partial charge on any atom is 0.302 e. The van der Waals surface area contributed by atoms with Crippen molar-refractivity contribution in [2.45, 2.75) is 13.5 Å². The molecular weight excluding hydrogens is 282 g/mol. The number of carbonyl (C=O) groups is 1. The number of hydroxylamine groups is 3. The van der Waals surface area contributed by atoms with Crippen LogP contribution in [0.3, 0.4) is 0 Å². The van der Waals surface area contributed by atoms with E-state index in [1.54, 1.807) is 0 Å². The van der Waals surface area contributed by atoms with Gasteiger partial charge in [0.1, 0.15) is 26.2 Å². The zero-order valence-corrected chi connectivity index (χ0v) is 12.7. The highest BCUT2D eigenvalue weighted by molar-refractivity contribution is 5.82. The van der Waals surface area contributed by atoms with Crippen LogP contribution >= 0.6 is 0 Å². The quantitative estimate of drug-likeness (QED) is 0.484. The van der Waals surface area contributed by atoms with Crippen LogP contribution in [0.5, 0.6) is 0 Å². The van der Waals surface area contributed by atoms with Gasteiger partial charge in [-0.1, -0.05) is 36.4 Å². The number of carbonyl (C=O) groups excluding carboxylic acids is 1. The van der Waals surface area contributed by atoms with Crippen molar-refractivity contribution in [1.82, 2.24) is 0 Å². The zero-order chi connectivity index (χ0) is 16.0. The molecule has 5 nitrogen and oxygen atoms in total. The topological polar surface area (TPSA) is 69.6 Å². The highest BCUT2D eigenvalue weighted by Crippen LogP contribution is 2.19. The zero-order valence-electron chi connectivity index (χ0n) is 12.7. The Balaban J connectivity index is 2.12. The SMILES string of the molecule is CC(=O)OCC[N+]([O-])(CCO)Cc1ccc2ccccc2c1. The van der Waals surface area contributed by atoms with Crippen LogP contribution in [0.1, 0.15) is 12.5 Å². The van der Waals surface area contributed by atoms with Gasteiger partial charge in [0.15, 0.2) is 0 Å². The highest BCUT2D eigenvalue weighted by Gasteiger charge is 2.18. The van der Waals surface area contributed by atoms with E-state index in [1.807, 2.05) is 42.5 Å². The van der Waals surface area contributed by atoms with Crippen molar-refractivity contribution < 1.29 is 19.3 Å². The first-order chi connectivity index (χ1) is 10.5. The normalized spacial score (nSPS) is 13.8. The second-order valence-electron chi connectivity index (χ2n) is 5.41. The highest BCUT2D eigenvalue weighted by atomic mass is 16.6. The molecule has 0 fully saturated rings. The van der Waals surface area contributed by atoms with Gasteiger partial charge in [0, 0.05) is 12.5 Å². The number of aliphatic hydroxyl groups is 1. The van der Waals surface area contributed by atoms with Crippen molar-refractivity contribution in [2.24, 2.45) is 0 Å². The summed E-state index contributed by atoms with van der Waals surface area (Å²) >= 11 is 0.